The third-order valence-electron chi connectivity index (χ3n) is 23.2. The second kappa shape index (κ2) is 55.2. The second-order valence-corrected chi connectivity index (χ2v) is 40.7. The highest BCUT2D eigenvalue weighted by atomic mass is 35.5. The third kappa shape index (κ3) is 26.6. The van der Waals surface area contributed by atoms with Gasteiger partial charge in [-0.2, -0.15) is 0 Å². The Labute approximate surface area is 882 Å². The number of Topliss-reactive ketones (excluding diaryl/α,β-unsaturated/α-hetero) is 1. The van der Waals surface area contributed by atoms with E-state index in [1.54, 1.807) is 109 Å². The predicted octanol–water partition coefficient (Wildman–Crippen LogP) is 22.5. The minimum absolute atomic E-state index is 0.0000743. The highest BCUT2D eigenvalue weighted by molar-refractivity contribution is 7.98. The minimum atomic E-state index is -0.506. The number of amides is 8. The normalized spacial score (nSPS) is 23.3. The molecule has 1 N–H and O–H groups in total. The highest BCUT2D eigenvalue weighted by Gasteiger charge is 2.56. The molecule has 9 aromatic carbocycles. The van der Waals surface area contributed by atoms with Gasteiger partial charge in [-0.1, -0.05) is 319 Å². The van der Waals surface area contributed by atoms with Crippen molar-refractivity contribution in [3.8, 4) is 0 Å². The number of carbonyl (C=O) groups is 9. The molecule has 16 atom stereocenters. The van der Waals surface area contributed by atoms with Crippen molar-refractivity contribution in [2.45, 2.75) is 137 Å². The Bertz CT molecular complexity index is 5640. The van der Waals surface area contributed by atoms with Gasteiger partial charge in [0.1, 0.15) is 42.3 Å². The van der Waals surface area contributed by atoms with Crippen LogP contribution in [0.15, 0.2) is 218 Å². The zero-order valence-electron chi connectivity index (χ0n) is 78.5. The van der Waals surface area contributed by atoms with Crippen LogP contribution in [0.2, 0.25) is 40.2 Å². The summed E-state index contributed by atoms with van der Waals surface area (Å²) >= 11 is 58.9. The maximum atomic E-state index is 12.2. The molecule has 8 aliphatic heterocycles. The first kappa shape index (κ1) is 114. The first-order valence-electron chi connectivity index (χ1n) is 43.4. The molecule has 0 radical (unpaired) electrons. The summed E-state index contributed by atoms with van der Waals surface area (Å²) < 4.78 is 53.7. The predicted molar refractivity (Wildman–Crippen MR) is 563 cm³/mol. The molecule has 8 saturated heterocycles. The van der Waals surface area contributed by atoms with Crippen molar-refractivity contribution in [3.63, 3.8) is 0 Å². The van der Waals surface area contributed by atoms with E-state index in [1.165, 1.54) is 98.4 Å². The van der Waals surface area contributed by atoms with Crippen molar-refractivity contribution in [1.82, 2.24) is 35.5 Å². The Balaban J connectivity index is 0.000000164. The first-order valence-corrected chi connectivity index (χ1v) is 54.0. The Kier molecular flexibility index (Phi) is 45.2. The maximum Gasteiger partial charge on any atom is 0.264 e. The van der Waals surface area contributed by atoms with E-state index in [4.69, 9.17) is 131 Å². The molecule has 8 fully saturated rings. The molecule has 8 amide bonds. The first-order chi connectivity index (χ1) is 66.9. The van der Waals surface area contributed by atoms with Crippen LogP contribution in [0.3, 0.4) is 0 Å². The van der Waals surface area contributed by atoms with Crippen molar-refractivity contribution in [1.29, 1.82) is 0 Å². The molecule has 17 rings (SSSR count). The van der Waals surface area contributed by atoms with Gasteiger partial charge >= 0.3 is 0 Å². The average Bonchev–Trinajstić information content (AvgIpc) is 0.751. The zero-order chi connectivity index (χ0) is 101. The van der Waals surface area contributed by atoms with Gasteiger partial charge in [-0.05, 0) is 160 Å². The number of β-lactam (4-membered cyclic amide) rings is 8. The molecule has 25 nitrogen and oxygen atoms in total. The minimum Gasteiger partial charge on any atom is -0.369 e. The van der Waals surface area contributed by atoms with Gasteiger partial charge in [-0.3, -0.25) is 73.3 Å². The molecule has 0 spiro atoms. The summed E-state index contributed by atoms with van der Waals surface area (Å²) in [7, 11) is 12.4. The summed E-state index contributed by atoms with van der Waals surface area (Å²) in [5.74, 6) is 2.43. The van der Waals surface area contributed by atoms with Crippen LogP contribution in [0, 0.1) is 0 Å². The van der Waals surface area contributed by atoms with E-state index in [0.29, 0.717) is 45.7 Å². The van der Waals surface area contributed by atoms with Crippen LogP contribution in [-0.4, -0.2) is 225 Å². The molecule has 0 bridgehead atoms. The Hall–Kier alpha value is -7.14. The Morgan fingerprint density at radius 1 is 0.317 bits per heavy atom. The molecule has 40 heteroatoms. The number of ketones is 1. The van der Waals surface area contributed by atoms with Gasteiger partial charge in [0.2, 0.25) is 0 Å². The highest BCUT2D eigenvalue weighted by Crippen LogP contribution is 2.51. The number of nitrogens with zero attached hydrogens (tertiary/aromatic N) is 7. The topological polar surface area (TPSA) is 262 Å². The van der Waals surface area contributed by atoms with Gasteiger partial charge in [-0.25, -0.2) is 0 Å². The number of hydrogen-bond donors (Lipinski definition) is 1. The molecule has 8 aliphatic rings. The lowest BCUT2D eigenvalue weighted by molar-refractivity contribution is -0.158. The van der Waals surface area contributed by atoms with E-state index in [9.17, 15) is 43.2 Å². The molecule has 0 saturated carbocycles. The third-order valence-corrected chi connectivity index (χ3v) is 32.1. The lowest BCUT2D eigenvalue weighted by Crippen LogP contribution is -2.56. The zero-order valence-corrected chi connectivity index (χ0v) is 90.3. The quantitative estimate of drug-likeness (QED) is 0.0190. The average molecular weight is 2190 g/mol. The van der Waals surface area contributed by atoms with Gasteiger partial charge in [0.15, 0.2) is 54.6 Å². The SMILES string of the molecule is CCCCSN1C(=O)C(OC)C1c1ccccc1Cl.CCSN1C(=O)C(OC)C1c1ccccc1Cl.COC1C(=O)N(SC)C1c1ccc(C(C)=O)cc1Cl.COC1C(=O)N(SC)C1c1ccc(Cl)cc1.COC1C(=O)N(SC)C1c1cccc(Cl)c1.COC1C(=O)N(SC)C1c1ccccc1Cl.COC1C(=O)N(SCc2ccccc2)C1c1ccccc1Cl.COC1C(=O)NC1c1ccccc1Cl. The van der Waals surface area contributed by atoms with Gasteiger partial charge in [0, 0.05) is 145 Å². The molecular weight excluding hydrogens is 2080 g/mol. The van der Waals surface area contributed by atoms with Crippen LogP contribution in [-0.2, 0) is 82.0 Å². The van der Waals surface area contributed by atoms with Crippen LogP contribution in [0.4, 0.5) is 0 Å². The van der Waals surface area contributed by atoms with E-state index in [0.717, 1.165) is 74.6 Å². The molecule has 0 aliphatic carbocycles. The number of methoxy groups -OCH3 is 8. The fraction of sp³-hybridized carbons (Fsp3) is 0.364. The summed E-state index contributed by atoms with van der Waals surface area (Å²) in [6, 6.07) is 67.3. The fourth-order valence-electron chi connectivity index (χ4n) is 15.9. The molecule has 139 heavy (non-hydrogen) atoms. The number of rotatable bonds is 30. The van der Waals surface area contributed by atoms with Crippen molar-refractivity contribution in [3.05, 3.63) is 314 Å². The van der Waals surface area contributed by atoms with Crippen LogP contribution < -0.4 is 5.32 Å². The molecule has 744 valence electrons. The van der Waals surface area contributed by atoms with Crippen molar-refractivity contribution in [2.24, 2.45) is 0 Å². The largest absolute Gasteiger partial charge is 0.369 e. The monoisotopic (exact) mass is 2180 g/mol. The molecule has 16 unspecified atom stereocenters. The number of halogens is 8. The molecule has 8 heterocycles. The number of benzene rings is 9. The van der Waals surface area contributed by atoms with E-state index in [2.05, 4.69) is 24.4 Å². The summed E-state index contributed by atoms with van der Waals surface area (Å²) in [5.41, 5.74) is 9.26. The van der Waals surface area contributed by atoms with Crippen molar-refractivity contribution >= 4 is 229 Å². The Morgan fingerprint density at radius 3 is 0.978 bits per heavy atom. The number of ether oxygens (including phenoxy) is 8. The van der Waals surface area contributed by atoms with E-state index < -0.39 is 36.6 Å². The summed E-state index contributed by atoms with van der Waals surface area (Å²) in [6.45, 7) is 5.65. The second-order valence-electron chi connectivity index (χ2n) is 31.1. The lowest BCUT2D eigenvalue weighted by Gasteiger charge is -2.45. The standard InChI is InChI=1S/C17H16ClNO2S.C14H18ClNO2S.C13H14ClNO3S.C12H14ClNO2S.3C11H12ClNO2S.C10H10ClNO2/c1-21-16-15(13-9-5-6-10-14(13)18)19(17(16)20)22-11-12-7-3-2-4-8-12;1-3-4-9-19-16-12(13(18-2)14(16)17)10-7-5-6-8-11(10)15;1-7(16)8-4-5-9(10(14)6-8)11-12(18-2)13(17)15(11)19-3;1-3-17-14-10(11(16-2)12(14)15)8-6-4-5-7-9(8)13;1-15-10-9(13(16-2)11(10)14)7-3-5-8(12)6-4-7;1-15-10-9(13(16-2)11(10)14)7-4-3-5-8(12)6-7;1-15-10-9(13(16-2)11(10)14)7-5-3-4-6-8(7)12;1-14-9-8(12-10(9)13)6-4-2-3-5-7(6)11/h2-10,15-16H,11H2,1H3;5-8,12-13H,3-4,9H2,1-2H3;4-6,11-12H,1-3H3;4-7,10-11H,3H2,1-2H3;3*3-6,9-10H,1-2H3;2-5,8-9H,1H3,(H,12,13). The summed E-state index contributed by atoms with van der Waals surface area (Å²) in [4.78, 5) is 105. The number of carbonyl (C=O) groups excluding carboxylic acids is 9. The van der Waals surface area contributed by atoms with Crippen molar-refractivity contribution < 1.29 is 81.0 Å². The lowest BCUT2D eigenvalue weighted by atomic mass is 9.92. The van der Waals surface area contributed by atoms with E-state index in [1.807, 2.05) is 214 Å². The summed E-state index contributed by atoms with van der Waals surface area (Å²) in [6.07, 6.45) is 6.33. The Morgan fingerprint density at radius 2 is 0.640 bits per heavy atom. The van der Waals surface area contributed by atoms with E-state index >= 15 is 0 Å². The van der Waals surface area contributed by atoms with Crippen LogP contribution in [0.25, 0.3) is 0 Å². The van der Waals surface area contributed by atoms with Crippen molar-refractivity contribution in [2.75, 3.05) is 93.4 Å². The molecule has 9 aromatic rings. The van der Waals surface area contributed by atoms with Gasteiger partial charge in [0.05, 0.1) is 6.04 Å². The maximum absolute atomic E-state index is 12.2. The van der Waals surface area contributed by atoms with Crippen LogP contribution >= 0.6 is 176 Å². The number of unbranched alkanes of at least 4 members (excludes halogenated alkanes) is 1. The molecular formula is C99H108Cl8N8O17S7. The fourth-order valence-corrected chi connectivity index (χ4v) is 24.0. The number of hydrogen-bond acceptors (Lipinski definition) is 24. The van der Waals surface area contributed by atoms with Gasteiger partial charge in [-0.15, -0.1) is 0 Å². The number of nitrogens with one attached hydrogen (secondary N) is 1. The van der Waals surface area contributed by atoms with Crippen LogP contribution in [0.1, 0.15) is 142 Å². The van der Waals surface area contributed by atoms with E-state index in [-0.39, 0.29) is 114 Å². The summed E-state index contributed by atoms with van der Waals surface area (Å²) in [5, 5.41) is 7.94. The molecule has 0 aromatic heterocycles. The smallest absolute Gasteiger partial charge is 0.264 e. The van der Waals surface area contributed by atoms with Gasteiger partial charge in [0.25, 0.3) is 47.3 Å². The van der Waals surface area contributed by atoms with Gasteiger partial charge < -0.3 is 43.2 Å². The van der Waals surface area contributed by atoms with Crippen LogP contribution in [0.5, 0.6) is 0 Å².